The Morgan fingerprint density at radius 2 is 2.25 bits per heavy atom. The fourth-order valence-electron chi connectivity index (χ4n) is 1.68. The van der Waals surface area contributed by atoms with Crippen molar-refractivity contribution >= 4 is 23.8 Å². The lowest BCUT2D eigenvalue weighted by Gasteiger charge is -2.34. The van der Waals surface area contributed by atoms with Crippen molar-refractivity contribution < 1.29 is 9.82 Å². The average molecular weight is 186 g/mol. The molecule has 0 unspecified atom stereocenters. The number of carbonyl (C=O) groups excluding carboxylic acids is 1. The van der Waals surface area contributed by atoms with Gasteiger partial charge in [-0.3, -0.25) is 4.79 Å². The van der Waals surface area contributed by atoms with E-state index in [9.17, 15) is 4.79 Å². The third-order valence-corrected chi connectivity index (χ3v) is 3.25. The number of hydrogen-bond donors (Lipinski definition) is 1. The van der Waals surface area contributed by atoms with Crippen LogP contribution in [0, 0.1) is 5.92 Å². The molecule has 2 nitrogen and oxygen atoms in total. The Balaban J connectivity index is 2.08. The van der Waals surface area contributed by atoms with Crippen molar-refractivity contribution in [1.82, 2.24) is 0 Å². The highest BCUT2D eigenvalue weighted by Crippen LogP contribution is 2.39. The predicted octanol–water partition coefficient (Wildman–Crippen LogP) is 1.66. The van der Waals surface area contributed by atoms with Crippen LogP contribution in [-0.2, 0) is 4.79 Å². The minimum absolute atomic E-state index is 0.182. The first-order chi connectivity index (χ1) is 5.58. The highest BCUT2D eigenvalue weighted by Gasteiger charge is 2.31. The van der Waals surface area contributed by atoms with Crippen LogP contribution in [0.2, 0.25) is 13.1 Å². The summed E-state index contributed by atoms with van der Waals surface area (Å²) in [7, 11) is 0. The van der Waals surface area contributed by atoms with Gasteiger partial charge in [0.15, 0.2) is 5.12 Å². The van der Waals surface area contributed by atoms with Crippen LogP contribution in [0.1, 0.15) is 19.8 Å². The molecule has 0 aromatic carbocycles. The second-order valence-electron chi connectivity index (χ2n) is 3.65. The number of hydrogen-bond acceptors (Lipinski definition) is 3. The van der Waals surface area contributed by atoms with Crippen LogP contribution >= 0.6 is 11.8 Å². The monoisotopic (exact) mass is 186 g/mol. The van der Waals surface area contributed by atoms with E-state index in [0.717, 1.165) is 19.2 Å². The Hall–Kier alpha value is 0.0449. The zero-order valence-corrected chi connectivity index (χ0v) is 8.43. The highest BCUT2D eigenvalue weighted by molar-refractivity contribution is 8.14. The van der Waals surface area contributed by atoms with Crippen LogP contribution in [0.3, 0.4) is 0 Å². The molecule has 0 heterocycles. The molecule has 0 aromatic rings. The number of thioether (sulfide) groups is 1. The lowest BCUT2D eigenvalue weighted by molar-refractivity contribution is -0.109. The molecule has 12 heavy (non-hydrogen) atoms. The van der Waals surface area contributed by atoms with E-state index in [1.807, 2.05) is 6.82 Å². The van der Waals surface area contributed by atoms with Gasteiger partial charge in [0.05, 0.1) is 0 Å². The summed E-state index contributed by atoms with van der Waals surface area (Å²) in [5.74, 6) is 0.654. The van der Waals surface area contributed by atoms with Crippen molar-refractivity contribution in [1.29, 1.82) is 0 Å². The van der Waals surface area contributed by atoms with Gasteiger partial charge < -0.3 is 5.02 Å². The van der Waals surface area contributed by atoms with Crippen LogP contribution in [0.5, 0.6) is 0 Å². The molecule has 1 aliphatic carbocycles. The first-order valence-corrected chi connectivity index (χ1v) is 5.31. The lowest BCUT2D eigenvalue weighted by Crippen LogP contribution is -2.29. The van der Waals surface area contributed by atoms with Gasteiger partial charge in [0.1, 0.15) is 0 Å². The second kappa shape index (κ2) is 4.33. The van der Waals surface area contributed by atoms with Crippen molar-refractivity contribution in [3.63, 3.8) is 0 Å². The summed E-state index contributed by atoms with van der Waals surface area (Å²) in [5, 5.41) is 9.83. The summed E-state index contributed by atoms with van der Waals surface area (Å²) in [6.07, 6.45) is 3.11. The van der Waals surface area contributed by atoms with Gasteiger partial charge in [-0.05, 0) is 25.1 Å². The Labute approximate surface area is 78.2 Å². The van der Waals surface area contributed by atoms with Crippen molar-refractivity contribution in [3.05, 3.63) is 0 Å². The molecule has 1 N–H and O–H groups in total. The van der Waals surface area contributed by atoms with E-state index in [1.54, 1.807) is 6.92 Å². The van der Waals surface area contributed by atoms with Gasteiger partial charge in [-0.15, -0.1) is 0 Å². The quantitative estimate of drug-likeness (QED) is 0.681. The van der Waals surface area contributed by atoms with Crippen molar-refractivity contribution in [3.8, 4) is 0 Å². The third-order valence-electron chi connectivity index (χ3n) is 2.20. The third kappa shape index (κ3) is 3.19. The summed E-state index contributed by atoms with van der Waals surface area (Å²) in [6.45, 7) is 3.26. The SMILES string of the molecule is CB(O)CC1CC(SC(C)=O)C1. The Morgan fingerprint density at radius 3 is 2.67 bits per heavy atom. The molecular weight excluding hydrogens is 171 g/mol. The van der Waals surface area contributed by atoms with Crippen LogP contribution in [0.4, 0.5) is 0 Å². The molecule has 0 atom stereocenters. The van der Waals surface area contributed by atoms with E-state index in [4.69, 9.17) is 5.02 Å². The highest BCUT2D eigenvalue weighted by atomic mass is 32.2. The maximum Gasteiger partial charge on any atom is 0.286 e. The lowest BCUT2D eigenvalue weighted by atomic mass is 9.60. The molecule has 0 saturated heterocycles. The van der Waals surface area contributed by atoms with Crippen LogP contribution in [0.15, 0.2) is 0 Å². The summed E-state index contributed by atoms with van der Waals surface area (Å²) in [6, 6.07) is 0. The molecular formula is C8H15BO2S. The normalized spacial score (nSPS) is 27.9. The average Bonchev–Trinajstić information content (AvgIpc) is 1.80. The van der Waals surface area contributed by atoms with Gasteiger partial charge in [0, 0.05) is 12.2 Å². The zero-order valence-electron chi connectivity index (χ0n) is 7.62. The van der Waals surface area contributed by atoms with E-state index in [2.05, 4.69) is 0 Å². The Bertz CT molecular complexity index is 166. The maximum atomic E-state index is 10.7. The van der Waals surface area contributed by atoms with Crippen molar-refractivity contribution in [2.45, 2.75) is 38.2 Å². The van der Waals surface area contributed by atoms with Crippen LogP contribution < -0.4 is 0 Å². The Kier molecular flexibility index (Phi) is 3.65. The minimum Gasteiger partial charge on any atom is -0.451 e. The molecule has 1 fully saturated rings. The maximum absolute atomic E-state index is 10.7. The molecule has 1 saturated carbocycles. The summed E-state index contributed by atoms with van der Waals surface area (Å²) < 4.78 is 0. The van der Waals surface area contributed by atoms with Gasteiger partial charge in [0.2, 0.25) is 0 Å². The first-order valence-electron chi connectivity index (χ1n) is 4.43. The minimum atomic E-state index is -0.182. The van der Waals surface area contributed by atoms with Gasteiger partial charge in [0.25, 0.3) is 6.92 Å². The van der Waals surface area contributed by atoms with Crippen molar-refractivity contribution in [2.75, 3.05) is 0 Å². The zero-order chi connectivity index (χ0) is 9.14. The van der Waals surface area contributed by atoms with Gasteiger partial charge >= 0.3 is 0 Å². The van der Waals surface area contributed by atoms with E-state index >= 15 is 0 Å². The molecule has 0 aliphatic heterocycles. The fourth-order valence-corrected chi connectivity index (χ4v) is 2.89. The van der Waals surface area contributed by atoms with Gasteiger partial charge in [-0.2, -0.15) is 0 Å². The molecule has 0 amide bonds. The van der Waals surface area contributed by atoms with Crippen LogP contribution in [-0.4, -0.2) is 22.3 Å². The molecule has 0 aromatic heterocycles. The fraction of sp³-hybridized carbons (Fsp3) is 0.875. The molecule has 0 radical (unpaired) electrons. The van der Waals surface area contributed by atoms with E-state index in [1.165, 1.54) is 11.8 Å². The standard InChI is InChI=1S/C8H15BO2S/c1-6(10)12-8-3-7(4-8)5-9(2)11/h7-8,11H,3-5H2,1-2H3. The molecule has 0 bridgehead atoms. The van der Waals surface area contributed by atoms with E-state index in [0.29, 0.717) is 11.2 Å². The van der Waals surface area contributed by atoms with Crippen LogP contribution in [0.25, 0.3) is 0 Å². The largest absolute Gasteiger partial charge is 0.451 e. The summed E-state index contributed by atoms with van der Waals surface area (Å²) >= 11 is 1.45. The summed E-state index contributed by atoms with van der Waals surface area (Å²) in [4.78, 5) is 10.7. The first kappa shape index (κ1) is 10.1. The smallest absolute Gasteiger partial charge is 0.286 e. The summed E-state index contributed by atoms with van der Waals surface area (Å²) in [5.41, 5.74) is 0. The molecule has 1 aliphatic rings. The molecule has 0 spiro atoms. The van der Waals surface area contributed by atoms with Crippen molar-refractivity contribution in [2.24, 2.45) is 5.92 Å². The number of carbonyl (C=O) groups is 1. The van der Waals surface area contributed by atoms with Gasteiger partial charge in [-0.25, -0.2) is 0 Å². The predicted molar refractivity (Wildman–Crippen MR) is 53.4 cm³/mol. The second-order valence-corrected chi connectivity index (χ2v) is 5.13. The molecule has 1 rings (SSSR count). The Morgan fingerprint density at radius 1 is 1.67 bits per heavy atom. The topological polar surface area (TPSA) is 37.3 Å². The van der Waals surface area contributed by atoms with E-state index < -0.39 is 0 Å². The van der Waals surface area contributed by atoms with E-state index in [-0.39, 0.29) is 12.0 Å². The molecule has 4 heteroatoms. The van der Waals surface area contributed by atoms with Gasteiger partial charge in [-0.1, -0.05) is 18.6 Å². The molecule has 68 valence electrons. The number of rotatable bonds is 3.